The van der Waals surface area contributed by atoms with Crippen molar-refractivity contribution in [1.29, 1.82) is 0 Å². The number of piperidine rings is 1. The summed E-state index contributed by atoms with van der Waals surface area (Å²) >= 11 is 0. The summed E-state index contributed by atoms with van der Waals surface area (Å²) in [4.78, 5) is 9.83. The van der Waals surface area contributed by atoms with Gasteiger partial charge in [-0.25, -0.2) is 0 Å². The van der Waals surface area contributed by atoms with Crippen molar-refractivity contribution >= 4 is 35.6 Å². The predicted octanol–water partition coefficient (Wildman–Crippen LogP) is 3.67. The molecule has 0 amide bonds. The Morgan fingerprint density at radius 3 is 2.42 bits per heavy atom. The molecule has 0 unspecified atom stereocenters. The Labute approximate surface area is 175 Å². The molecule has 2 saturated heterocycles. The average molecular weight is 472 g/mol. The first-order chi connectivity index (χ1) is 12.4. The van der Waals surface area contributed by atoms with Crippen LogP contribution in [0.15, 0.2) is 35.3 Å². The van der Waals surface area contributed by atoms with Gasteiger partial charge in [0.1, 0.15) is 0 Å². The molecule has 2 aliphatic rings. The van der Waals surface area contributed by atoms with Crippen LogP contribution in [0.5, 0.6) is 0 Å². The van der Waals surface area contributed by atoms with Gasteiger partial charge in [-0.05, 0) is 50.8 Å². The van der Waals surface area contributed by atoms with Crippen molar-refractivity contribution in [2.45, 2.75) is 32.1 Å². The number of guanidine groups is 1. The summed E-state index contributed by atoms with van der Waals surface area (Å²) in [5, 5.41) is 3.54. The third-order valence-electron chi connectivity index (χ3n) is 4.93. The van der Waals surface area contributed by atoms with E-state index in [9.17, 15) is 0 Å². The van der Waals surface area contributed by atoms with Gasteiger partial charge in [0.15, 0.2) is 5.96 Å². The quantitative estimate of drug-likeness (QED) is 0.297. The Bertz CT molecular complexity index is 514. The number of rotatable bonds is 6. The van der Waals surface area contributed by atoms with E-state index in [-0.39, 0.29) is 24.0 Å². The summed E-state index contributed by atoms with van der Waals surface area (Å²) in [5.41, 5.74) is 1.13. The van der Waals surface area contributed by atoms with E-state index in [1.54, 1.807) is 0 Å². The average Bonchev–Trinajstić information content (AvgIpc) is 2.69. The fourth-order valence-electron chi connectivity index (χ4n) is 3.43. The van der Waals surface area contributed by atoms with E-state index < -0.39 is 0 Å². The standard InChI is InChI=1S/C20H32N4O.HI/c1-3-9-19(10-4-1)22-20(24-13-6-2-7-14-24)21-11-5-8-12-23-15-17-25-18-16-23;/h1,3-4,9-10H,2,5-8,11-18H2,(H,21,22);1H. The maximum Gasteiger partial charge on any atom is 0.198 e. The van der Waals surface area contributed by atoms with Crippen LogP contribution in [0.25, 0.3) is 0 Å². The Kier molecular flexibility index (Phi) is 10.3. The van der Waals surface area contributed by atoms with Crippen molar-refractivity contribution in [3.63, 3.8) is 0 Å². The molecule has 0 spiro atoms. The van der Waals surface area contributed by atoms with Crippen LogP contribution in [-0.4, -0.2) is 68.2 Å². The van der Waals surface area contributed by atoms with Gasteiger partial charge >= 0.3 is 0 Å². The fourth-order valence-corrected chi connectivity index (χ4v) is 3.43. The van der Waals surface area contributed by atoms with E-state index in [4.69, 9.17) is 9.73 Å². The number of hydrogen-bond acceptors (Lipinski definition) is 3. The summed E-state index contributed by atoms with van der Waals surface area (Å²) in [6, 6.07) is 10.4. The molecule has 2 aliphatic heterocycles. The van der Waals surface area contributed by atoms with Crippen LogP contribution in [0.2, 0.25) is 0 Å². The Morgan fingerprint density at radius 2 is 1.69 bits per heavy atom. The smallest absolute Gasteiger partial charge is 0.198 e. The highest BCUT2D eigenvalue weighted by molar-refractivity contribution is 14.0. The minimum Gasteiger partial charge on any atom is -0.379 e. The lowest BCUT2D eigenvalue weighted by molar-refractivity contribution is 0.0373. The number of ether oxygens (including phenoxy) is 1. The van der Waals surface area contributed by atoms with E-state index in [1.165, 1.54) is 32.2 Å². The molecular weight excluding hydrogens is 439 g/mol. The Balaban J connectivity index is 0.00000243. The van der Waals surface area contributed by atoms with E-state index in [2.05, 4.69) is 45.4 Å². The lowest BCUT2D eigenvalue weighted by Gasteiger charge is -2.30. The number of unbranched alkanes of at least 4 members (excludes halogenated alkanes) is 1. The first-order valence-electron chi connectivity index (χ1n) is 9.83. The number of halogens is 1. The minimum absolute atomic E-state index is 0. The van der Waals surface area contributed by atoms with E-state index in [0.717, 1.165) is 64.0 Å². The molecule has 2 fully saturated rings. The highest BCUT2D eigenvalue weighted by Crippen LogP contribution is 2.13. The topological polar surface area (TPSA) is 40.1 Å². The molecule has 0 saturated carbocycles. The predicted molar refractivity (Wildman–Crippen MR) is 120 cm³/mol. The van der Waals surface area contributed by atoms with Crippen molar-refractivity contribution in [3.05, 3.63) is 30.3 Å². The SMILES string of the molecule is I.c1ccc(NC(=NCCCCN2CCOCC2)N2CCCCC2)cc1. The third-order valence-corrected chi connectivity index (χ3v) is 4.93. The maximum atomic E-state index is 5.41. The summed E-state index contributed by atoms with van der Waals surface area (Å²) in [6.45, 7) is 8.24. The summed E-state index contributed by atoms with van der Waals surface area (Å²) in [6.07, 6.45) is 6.24. The van der Waals surface area contributed by atoms with Crippen molar-refractivity contribution in [1.82, 2.24) is 9.80 Å². The van der Waals surface area contributed by atoms with Gasteiger partial charge in [-0.1, -0.05) is 18.2 Å². The highest BCUT2D eigenvalue weighted by atomic mass is 127. The number of anilines is 1. The third kappa shape index (κ3) is 7.40. The van der Waals surface area contributed by atoms with Gasteiger partial charge in [-0.2, -0.15) is 0 Å². The van der Waals surface area contributed by atoms with Gasteiger partial charge in [0.05, 0.1) is 13.2 Å². The molecule has 0 aromatic heterocycles. The van der Waals surface area contributed by atoms with Crippen molar-refractivity contribution in [2.24, 2.45) is 4.99 Å². The second-order valence-electron chi connectivity index (χ2n) is 6.91. The van der Waals surface area contributed by atoms with Gasteiger partial charge in [0, 0.05) is 38.4 Å². The van der Waals surface area contributed by atoms with Crippen molar-refractivity contribution < 1.29 is 4.74 Å². The second-order valence-corrected chi connectivity index (χ2v) is 6.91. The van der Waals surface area contributed by atoms with Crippen LogP contribution in [0.1, 0.15) is 32.1 Å². The molecule has 1 aromatic rings. The number of nitrogens with one attached hydrogen (secondary N) is 1. The molecule has 3 rings (SSSR count). The zero-order chi connectivity index (χ0) is 17.2. The zero-order valence-electron chi connectivity index (χ0n) is 15.7. The van der Waals surface area contributed by atoms with Crippen LogP contribution in [0, 0.1) is 0 Å². The van der Waals surface area contributed by atoms with Gasteiger partial charge in [0.25, 0.3) is 0 Å². The Hall–Kier alpha value is -0.860. The van der Waals surface area contributed by atoms with Crippen LogP contribution >= 0.6 is 24.0 Å². The van der Waals surface area contributed by atoms with Crippen molar-refractivity contribution in [2.75, 3.05) is 57.8 Å². The molecule has 2 heterocycles. The lowest BCUT2D eigenvalue weighted by Crippen LogP contribution is -2.40. The molecular formula is C20H33IN4O. The van der Waals surface area contributed by atoms with Crippen molar-refractivity contribution in [3.8, 4) is 0 Å². The number of benzene rings is 1. The van der Waals surface area contributed by atoms with Gasteiger partial charge < -0.3 is 15.0 Å². The van der Waals surface area contributed by atoms with Gasteiger partial charge in [0.2, 0.25) is 0 Å². The minimum atomic E-state index is 0. The number of likely N-dealkylation sites (tertiary alicyclic amines) is 1. The molecule has 0 aliphatic carbocycles. The molecule has 146 valence electrons. The van der Waals surface area contributed by atoms with E-state index in [1.807, 2.05) is 0 Å². The van der Waals surface area contributed by atoms with Crippen LogP contribution in [0.3, 0.4) is 0 Å². The Morgan fingerprint density at radius 1 is 0.962 bits per heavy atom. The zero-order valence-corrected chi connectivity index (χ0v) is 18.1. The fraction of sp³-hybridized carbons (Fsp3) is 0.650. The first kappa shape index (κ1) is 21.4. The number of nitrogens with zero attached hydrogens (tertiary/aromatic N) is 3. The molecule has 5 nitrogen and oxygen atoms in total. The van der Waals surface area contributed by atoms with Gasteiger partial charge in [-0.15, -0.1) is 24.0 Å². The largest absolute Gasteiger partial charge is 0.379 e. The molecule has 1 N–H and O–H groups in total. The van der Waals surface area contributed by atoms with E-state index in [0.29, 0.717) is 0 Å². The maximum absolute atomic E-state index is 5.41. The first-order valence-corrected chi connectivity index (χ1v) is 9.83. The van der Waals surface area contributed by atoms with Crippen LogP contribution in [-0.2, 0) is 4.74 Å². The second kappa shape index (κ2) is 12.5. The highest BCUT2D eigenvalue weighted by Gasteiger charge is 2.15. The summed E-state index contributed by atoms with van der Waals surface area (Å²) in [7, 11) is 0. The molecule has 26 heavy (non-hydrogen) atoms. The van der Waals surface area contributed by atoms with Gasteiger partial charge in [-0.3, -0.25) is 9.89 Å². The number of para-hydroxylation sites is 1. The van der Waals surface area contributed by atoms with Crippen LogP contribution in [0.4, 0.5) is 5.69 Å². The molecule has 0 radical (unpaired) electrons. The molecule has 6 heteroatoms. The molecule has 0 bridgehead atoms. The molecule has 0 atom stereocenters. The number of hydrogen-bond donors (Lipinski definition) is 1. The summed E-state index contributed by atoms with van der Waals surface area (Å²) < 4.78 is 5.41. The van der Waals surface area contributed by atoms with Crippen LogP contribution < -0.4 is 5.32 Å². The summed E-state index contributed by atoms with van der Waals surface area (Å²) in [5.74, 6) is 1.05. The van der Waals surface area contributed by atoms with E-state index >= 15 is 0 Å². The molecule has 1 aromatic carbocycles. The monoisotopic (exact) mass is 472 g/mol. The normalized spacial score (nSPS) is 19.1. The number of morpholine rings is 1. The lowest BCUT2D eigenvalue weighted by atomic mass is 10.1. The number of aliphatic imine (C=N–C) groups is 1.